The van der Waals surface area contributed by atoms with Crippen LogP contribution in [0.3, 0.4) is 0 Å². The van der Waals surface area contributed by atoms with E-state index in [1.165, 1.54) is 0 Å². The van der Waals surface area contributed by atoms with Crippen molar-refractivity contribution in [3.63, 3.8) is 0 Å². The summed E-state index contributed by atoms with van der Waals surface area (Å²) in [6, 6.07) is 0. The van der Waals surface area contributed by atoms with Crippen LogP contribution in [-0.4, -0.2) is 19.1 Å². The molecular formula is C17H36O2Si. The van der Waals surface area contributed by atoms with Gasteiger partial charge in [0.05, 0.1) is 13.1 Å². The molecule has 0 aliphatic rings. The van der Waals surface area contributed by atoms with E-state index in [2.05, 4.69) is 55.4 Å². The molecule has 0 saturated carbocycles. The molecule has 0 amide bonds. The van der Waals surface area contributed by atoms with Gasteiger partial charge in [0.25, 0.3) is 0 Å². The summed E-state index contributed by atoms with van der Waals surface area (Å²) in [5, 5.41) is 9.40. The first-order valence-corrected chi connectivity index (χ1v) is 9.99. The second-order valence-electron chi connectivity index (χ2n) is 8.93. The molecule has 120 valence electrons. The van der Waals surface area contributed by atoms with E-state index in [0.29, 0.717) is 5.54 Å². The van der Waals surface area contributed by atoms with E-state index in [9.17, 15) is 9.90 Å². The van der Waals surface area contributed by atoms with Crippen molar-refractivity contribution in [2.75, 3.05) is 0 Å². The SMILES string of the molecule is CCCC(C)[Si](C(C)(C)C)(C(C)(C)C)C(C)(C)C(=O)O. The minimum absolute atomic E-state index is 0.0434. The Kier molecular flexibility index (Phi) is 5.73. The Morgan fingerprint density at radius 2 is 1.35 bits per heavy atom. The van der Waals surface area contributed by atoms with E-state index in [1.807, 2.05) is 13.8 Å². The second-order valence-corrected chi connectivity index (χ2v) is 15.8. The highest BCUT2D eigenvalue weighted by atomic mass is 28.3. The van der Waals surface area contributed by atoms with E-state index in [4.69, 9.17) is 0 Å². The number of carboxylic acids is 1. The van der Waals surface area contributed by atoms with Crippen molar-refractivity contribution < 1.29 is 9.90 Å². The fraction of sp³-hybridized carbons (Fsp3) is 0.941. The summed E-state index contributed by atoms with van der Waals surface area (Å²) < 4.78 is 0. The van der Waals surface area contributed by atoms with Gasteiger partial charge in [-0.25, -0.2) is 0 Å². The quantitative estimate of drug-likeness (QED) is 0.624. The van der Waals surface area contributed by atoms with E-state index < -0.39 is 19.1 Å². The van der Waals surface area contributed by atoms with Gasteiger partial charge in [-0.15, -0.1) is 0 Å². The smallest absolute Gasteiger partial charge is 0.306 e. The van der Waals surface area contributed by atoms with Crippen molar-refractivity contribution in [3.05, 3.63) is 0 Å². The van der Waals surface area contributed by atoms with Gasteiger partial charge >= 0.3 is 5.97 Å². The van der Waals surface area contributed by atoms with Crippen LogP contribution in [0.2, 0.25) is 20.7 Å². The van der Waals surface area contributed by atoms with Gasteiger partial charge in [-0.2, -0.15) is 0 Å². The van der Waals surface area contributed by atoms with Crippen LogP contribution in [0.1, 0.15) is 82.1 Å². The van der Waals surface area contributed by atoms with E-state index in [-0.39, 0.29) is 10.1 Å². The first kappa shape index (κ1) is 19.7. The molecule has 1 unspecified atom stereocenters. The lowest BCUT2D eigenvalue weighted by Gasteiger charge is -2.62. The van der Waals surface area contributed by atoms with Gasteiger partial charge in [-0.3, -0.25) is 4.79 Å². The number of carbonyl (C=O) groups is 1. The number of rotatable bonds is 5. The molecule has 0 spiro atoms. The van der Waals surface area contributed by atoms with Gasteiger partial charge in [0, 0.05) is 0 Å². The van der Waals surface area contributed by atoms with E-state index in [0.717, 1.165) is 12.8 Å². The lowest BCUT2D eigenvalue weighted by atomic mass is 10.2. The van der Waals surface area contributed by atoms with Crippen molar-refractivity contribution in [2.45, 2.75) is 103 Å². The summed E-state index contributed by atoms with van der Waals surface area (Å²) >= 11 is 0. The average molecular weight is 301 g/mol. The van der Waals surface area contributed by atoms with Crippen LogP contribution in [0.25, 0.3) is 0 Å². The van der Waals surface area contributed by atoms with Gasteiger partial charge in [0.1, 0.15) is 0 Å². The third-order valence-electron chi connectivity index (χ3n) is 5.35. The van der Waals surface area contributed by atoms with Crippen LogP contribution < -0.4 is 0 Å². The predicted molar refractivity (Wildman–Crippen MR) is 91.2 cm³/mol. The fourth-order valence-electron chi connectivity index (χ4n) is 5.91. The van der Waals surface area contributed by atoms with Crippen LogP contribution in [-0.2, 0) is 4.79 Å². The molecular weight excluding hydrogens is 264 g/mol. The normalized spacial score (nSPS) is 16.1. The predicted octanol–water partition coefficient (Wildman–Crippen LogP) is 6.09. The van der Waals surface area contributed by atoms with E-state index >= 15 is 0 Å². The highest BCUT2D eigenvalue weighted by Gasteiger charge is 2.66. The van der Waals surface area contributed by atoms with Crippen LogP contribution in [0.5, 0.6) is 0 Å². The molecule has 20 heavy (non-hydrogen) atoms. The molecule has 0 heterocycles. The van der Waals surface area contributed by atoms with Crippen molar-refractivity contribution in [2.24, 2.45) is 0 Å². The van der Waals surface area contributed by atoms with Gasteiger partial charge in [0.15, 0.2) is 0 Å². The van der Waals surface area contributed by atoms with Crippen LogP contribution in [0.4, 0.5) is 0 Å². The Hall–Kier alpha value is -0.313. The number of hydrogen-bond donors (Lipinski definition) is 1. The van der Waals surface area contributed by atoms with Gasteiger partial charge in [-0.1, -0.05) is 82.1 Å². The van der Waals surface area contributed by atoms with Crippen LogP contribution in [0, 0.1) is 0 Å². The molecule has 0 aromatic heterocycles. The third kappa shape index (κ3) is 2.83. The molecule has 0 fully saturated rings. The minimum atomic E-state index is -2.21. The molecule has 3 heteroatoms. The van der Waals surface area contributed by atoms with Gasteiger partial charge in [-0.05, 0) is 15.6 Å². The zero-order chi connectivity index (χ0) is 16.6. The molecule has 0 aliphatic carbocycles. The van der Waals surface area contributed by atoms with Crippen molar-refractivity contribution >= 4 is 14.0 Å². The van der Waals surface area contributed by atoms with Crippen molar-refractivity contribution in [1.29, 1.82) is 0 Å². The summed E-state index contributed by atoms with van der Waals surface area (Å²) in [5.74, 6) is -0.628. The highest BCUT2D eigenvalue weighted by molar-refractivity contribution is 6.91. The van der Waals surface area contributed by atoms with Gasteiger partial charge < -0.3 is 5.11 Å². The highest BCUT2D eigenvalue weighted by Crippen LogP contribution is 2.67. The average Bonchev–Trinajstić information content (AvgIpc) is 2.12. The Bertz CT molecular complexity index is 331. The molecule has 0 aliphatic heterocycles. The Morgan fingerprint density at radius 3 is 1.55 bits per heavy atom. The fourth-order valence-corrected chi connectivity index (χ4v) is 17.2. The lowest BCUT2D eigenvalue weighted by molar-refractivity contribution is -0.140. The first-order chi connectivity index (χ1) is 8.67. The topological polar surface area (TPSA) is 37.3 Å². The molecule has 0 radical (unpaired) electrons. The molecule has 0 rings (SSSR count). The number of aliphatic carboxylic acids is 1. The Balaban J connectivity index is 6.48. The molecule has 0 aromatic rings. The zero-order valence-electron chi connectivity index (χ0n) is 15.3. The van der Waals surface area contributed by atoms with Crippen LogP contribution >= 0.6 is 0 Å². The molecule has 2 nitrogen and oxygen atoms in total. The van der Waals surface area contributed by atoms with Crippen LogP contribution in [0.15, 0.2) is 0 Å². The maximum Gasteiger partial charge on any atom is 0.306 e. The van der Waals surface area contributed by atoms with E-state index in [1.54, 1.807) is 0 Å². The molecule has 0 bridgehead atoms. The molecule has 1 atom stereocenters. The Labute approximate surface area is 127 Å². The lowest BCUT2D eigenvalue weighted by Crippen LogP contribution is -2.63. The summed E-state index contributed by atoms with van der Waals surface area (Å²) in [7, 11) is -2.21. The molecule has 0 saturated heterocycles. The molecule has 1 N–H and O–H groups in total. The minimum Gasteiger partial charge on any atom is -0.481 e. The number of carboxylic acid groups (broad SMARTS) is 1. The van der Waals surface area contributed by atoms with Crippen molar-refractivity contribution in [1.82, 2.24) is 0 Å². The number of hydrogen-bond acceptors (Lipinski definition) is 1. The van der Waals surface area contributed by atoms with Gasteiger partial charge in [0.2, 0.25) is 0 Å². The third-order valence-corrected chi connectivity index (χ3v) is 14.0. The largest absolute Gasteiger partial charge is 0.481 e. The maximum absolute atomic E-state index is 12.1. The second kappa shape index (κ2) is 5.82. The zero-order valence-corrected chi connectivity index (χ0v) is 16.3. The summed E-state index contributed by atoms with van der Waals surface area (Å²) in [6.45, 7) is 22.0. The van der Waals surface area contributed by atoms with Crippen molar-refractivity contribution in [3.8, 4) is 0 Å². The monoisotopic (exact) mass is 300 g/mol. The Morgan fingerprint density at radius 1 is 1.00 bits per heavy atom. The summed E-state index contributed by atoms with van der Waals surface area (Å²) in [4.78, 5) is 12.1. The maximum atomic E-state index is 12.1. The summed E-state index contributed by atoms with van der Waals surface area (Å²) in [6.07, 6.45) is 2.25. The summed E-state index contributed by atoms with van der Waals surface area (Å²) in [5.41, 5.74) is 0.485. The molecule has 0 aromatic carbocycles. The first-order valence-electron chi connectivity index (χ1n) is 7.91. The standard InChI is InChI=1S/C17H36O2Si/c1-11-12-13(2)20(15(3,4)5,16(6,7)8)17(9,10)14(18)19/h13H,11-12H2,1-10H3,(H,18,19).